The molecule has 0 radical (unpaired) electrons. The zero-order chi connectivity index (χ0) is 18.9. The van der Waals surface area contributed by atoms with Crippen molar-refractivity contribution in [2.24, 2.45) is 5.73 Å². The van der Waals surface area contributed by atoms with E-state index in [2.05, 4.69) is 5.32 Å². The summed E-state index contributed by atoms with van der Waals surface area (Å²) >= 11 is 1.56. The highest BCUT2D eigenvalue weighted by Crippen LogP contribution is 2.19. The molecule has 0 heterocycles. The van der Waals surface area contributed by atoms with Crippen LogP contribution in [0, 0.1) is 6.92 Å². The highest BCUT2D eigenvalue weighted by molar-refractivity contribution is 7.99. The van der Waals surface area contributed by atoms with Crippen molar-refractivity contribution >= 4 is 35.2 Å². The lowest BCUT2D eigenvalue weighted by molar-refractivity contribution is -0.146. The number of carbonyl (C=O) groups excluding carboxylic acids is 3. The molecule has 2 rings (SSSR count). The average Bonchev–Trinajstić information content (AvgIpc) is 2.62. The maximum absolute atomic E-state index is 11.8. The Balaban J connectivity index is 1.67. The van der Waals surface area contributed by atoms with Crippen LogP contribution in [0.1, 0.15) is 22.3 Å². The molecule has 0 fully saturated rings. The molecule has 0 unspecified atom stereocenters. The second kappa shape index (κ2) is 9.62. The molecule has 2 aromatic carbocycles. The van der Waals surface area contributed by atoms with E-state index < -0.39 is 17.8 Å². The summed E-state index contributed by atoms with van der Waals surface area (Å²) in [6.45, 7) is 1.66. The van der Waals surface area contributed by atoms with E-state index in [1.807, 2.05) is 31.2 Å². The second-order valence-electron chi connectivity index (χ2n) is 5.56. The topological polar surface area (TPSA) is 98.5 Å². The lowest BCUT2D eigenvalue weighted by Gasteiger charge is -2.07. The molecule has 2 aromatic rings. The largest absolute Gasteiger partial charge is 0.456 e. The minimum absolute atomic E-state index is 0.221. The number of amides is 2. The maximum Gasteiger partial charge on any atom is 0.307 e. The summed E-state index contributed by atoms with van der Waals surface area (Å²) in [7, 11) is 0. The van der Waals surface area contributed by atoms with Crippen LogP contribution in [0.25, 0.3) is 0 Å². The fourth-order valence-electron chi connectivity index (χ4n) is 2.02. The summed E-state index contributed by atoms with van der Waals surface area (Å²) in [4.78, 5) is 35.5. The van der Waals surface area contributed by atoms with Crippen LogP contribution < -0.4 is 11.1 Å². The van der Waals surface area contributed by atoms with Gasteiger partial charge in [-0.05, 0) is 43.3 Å². The molecule has 136 valence electrons. The van der Waals surface area contributed by atoms with Crippen LogP contribution in [-0.4, -0.2) is 30.1 Å². The molecular weight excluding hydrogens is 352 g/mol. The van der Waals surface area contributed by atoms with E-state index in [0.717, 1.165) is 4.90 Å². The van der Waals surface area contributed by atoms with Crippen molar-refractivity contribution in [3.05, 3.63) is 59.7 Å². The maximum atomic E-state index is 11.8. The quantitative estimate of drug-likeness (QED) is 0.548. The number of nitrogens with one attached hydrogen (secondary N) is 1. The number of anilines is 1. The minimum Gasteiger partial charge on any atom is -0.456 e. The number of benzene rings is 2. The Bertz CT molecular complexity index is 773. The smallest absolute Gasteiger partial charge is 0.307 e. The molecule has 26 heavy (non-hydrogen) atoms. The molecular formula is C19H20N2O4S. The van der Waals surface area contributed by atoms with Crippen molar-refractivity contribution in [1.29, 1.82) is 0 Å². The van der Waals surface area contributed by atoms with Crippen molar-refractivity contribution in [2.45, 2.75) is 18.2 Å². The Labute approximate surface area is 156 Å². The molecule has 0 saturated carbocycles. The molecule has 0 aliphatic carbocycles. The molecule has 0 atom stereocenters. The highest BCUT2D eigenvalue weighted by Gasteiger charge is 2.09. The van der Waals surface area contributed by atoms with Crippen LogP contribution in [-0.2, 0) is 14.3 Å². The van der Waals surface area contributed by atoms with E-state index in [1.165, 1.54) is 17.7 Å². The van der Waals surface area contributed by atoms with Gasteiger partial charge in [0, 0.05) is 21.9 Å². The first-order valence-corrected chi connectivity index (χ1v) is 8.97. The van der Waals surface area contributed by atoms with Gasteiger partial charge in [-0.25, -0.2) is 0 Å². The van der Waals surface area contributed by atoms with Gasteiger partial charge in [-0.2, -0.15) is 0 Å². The van der Waals surface area contributed by atoms with E-state index in [4.69, 9.17) is 10.5 Å². The van der Waals surface area contributed by atoms with Crippen molar-refractivity contribution in [3.63, 3.8) is 0 Å². The van der Waals surface area contributed by atoms with Gasteiger partial charge in [0.2, 0.25) is 5.91 Å². The van der Waals surface area contributed by atoms with Gasteiger partial charge in [-0.3, -0.25) is 14.4 Å². The summed E-state index contributed by atoms with van der Waals surface area (Å²) in [6, 6.07) is 14.2. The number of esters is 1. The number of ether oxygens (including phenoxy) is 1. The molecule has 0 aliphatic heterocycles. The Morgan fingerprint density at radius 2 is 1.69 bits per heavy atom. The number of nitrogens with two attached hydrogens (primary N) is 1. The number of thioether (sulfide) groups is 1. The molecule has 3 N–H and O–H groups in total. The van der Waals surface area contributed by atoms with Crippen LogP contribution in [0.5, 0.6) is 0 Å². The number of primary amides is 1. The van der Waals surface area contributed by atoms with Gasteiger partial charge in [0.15, 0.2) is 6.61 Å². The van der Waals surface area contributed by atoms with Gasteiger partial charge in [0.25, 0.3) is 5.91 Å². The van der Waals surface area contributed by atoms with Crippen molar-refractivity contribution in [3.8, 4) is 0 Å². The normalized spacial score (nSPS) is 10.2. The average molecular weight is 372 g/mol. The Morgan fingerprint density at radius 1 is 1.04 bits per heavy atom. The van der Waals surface area contributed by atoms with E-state index in [-0.39, 0.29) is 13.0 Å². The first-order chi connectivity index (χ1) is 12.4. The van der Waals surface area contributed by atoms with Crippen molar-refractivity contribution in [2.75, 3.05) is 17.7 Å². The first-order valence-electron chi connectivity index (χ1n) is 7.99. The van der Waals surface area contributed by atoms with Crippen LogP contribution in [0.15, 0.2) is 53.4 Å². The first kappa shape index (κ1) is 19.5. The van der Waals surface area contributed by atoms with Gasteiger partial charge in [-0.1, -0.05) is 17.7 Å². The fraction of sp³-hybridized carbons (Fsp3) is 0.211. The summed E-state index contributed by atoms with van der Waals surface area (Å²) in [5.41, 5.74) is 7.17. The van der Waals surface area contributed by atoms with E-state index in [0.29, 0.717) is 17.0 Å². The number of hydrogen-bond acceptors (Lipinski definition) is 5. The third-order valence-electron chi connectivity index (χ3n) is 3.41. The van der Waals surface area contributed by atoms with Crippen LogP contribution in [0.2, 0.25) is 0 Å². The van der Waals surface area contributed by atoms with Crippen LogP contribution >= 0.6 is 11.8 Å². The van der Waals surface area contributed by atoms with Gasteiger partial charge >= 0.3 is 5.97 Å². The van der Waals surface area contributed by atoms with Gasteiger partial charge in [0.1, 0.15) is 0 Å². The summed E-state index contributed by atoms with van der Waals surface area (Å²) < 4.78 is 4.96. The number of carbonyl (C=O) groups is 3. The van der Waals surface area contributed by atoms with Gasteiger partial charge in [0.05, 0.1) is 6.42 Å². The number of rotatable bonds is 8. The number of aryl methyl sites for hydroxylation is 1. The second-order valence-corrected chi connectivity index (χ2v) is 6.73. The zero-order valence-electron chi connectivity index (χ0n) is 14.4. The Kier molecular flexibility index (Phi) is 7.23. The predicted octanol–water partition coefficient (Wildman–Crippen LogP) is 2.76. The zero-order valence-corrected chi connectivity index (χ0v) is 15.2. The van der Waals surface area contributed by atoms with Crippen LogP contribution in [0.3, 0.4) is 0 Å². The fourth-order valence-corrected chi connectivity index (χ4v) is 2.85. The molecule has 0 aromatic heterocycles. The summed E-state index contributed by atoms with van der Waals surface area (Å²) in [5.74, 6) is -0.835. The SMILES string of the molecule is Cc1ccc(SCCC(=O)OCC(=O)Nc2ccc(C(N)=O)cc2)cc1. The van der Waals surface area contributed by atoms with E-state index >= 15 is 0 Å². The van der Waals surface area contributed by atoms with E-state index in [1.54, 1.807) is 23.9 Å². The Hall–Kier alpha value is -2.80. The van der Waals surface area contributed by atoms with Gasteiger partial charge in [-0.15, -0.1) is 11.8 Å². The van der Waals surface area contributed by atoms with Gasteiger partial charge < -0.3 is 15.8 Å². The standard InChI is InChI=1S/C19H20N2O4S/c1-13-2-8-16(9-3-13)26-11-10-18(23)25-12-17(22)21-15-6-4-14(5-7-15)19(20)24/h2-9H,10-12H2,1H3,(H2,20,24)(H,21,22). The lowest BCUT2D eigenvalue weighted by Crippen LogP contribution is -2.21. The minimum atomic E-state index is -0.541. The predicted molar refractivity (Wildman–Crippen MR) is 101 cm³/mol. The highest BCUT2D eigenvalue weighted by atomic mass is 32.2. The molecule has 2 amide bonds. The molecule has 6 nitrogen and oxygen atoms in total. The lowest BCUT2D eigenvalue weighted by atomic mass is 10.2. The van der Waals surface area contributed by atoms with Crippen molar-refractivity contribution in [1.82, 2.24) is 0 Å². The third kappa shape index (κ3) is 6.60. The summed E-state index contributed by atoms with van der Waals surface area (Å²) in [5, 5.41) is 2.58. The third-order valence-corrected chi connectivity index (χ3v) is 4.43. The summed E-state index contributed by atoms with van der Waals surface area (Å²) in [6.07, 6.45) is 0.221. The molecule has 0 aliphatic rings. The van der Waals surface area contributed by atoms with Crippen molar-refractivity contribution < 1.29 is 19.1 Å². The molecule has 7 heteroatoms. The number of hydrogen-bond donors (Lipinski definition) is 2. The Morgan fingerprint density at radius 3 is 2.31 bits per heavy atom. The van der Waals surface area contributed by atoms with E-state index in [9.17, 15) is 14.4 Å². The monoisotopic (exact) mass is 372 g/mol. The van der Waals surface area contributed by atoms with Crippen LogP contribution in [0.4, 0.5) is 5.69 Å². The molecule has 0 bridgehead atoms. The molecule has 0 saturated heterocycles. The molecule has 0 spiro atoms.